The molecule has 0 unspecified atom stereocenters. The molecular weight excluding hydrogens is 403 g/mol. The molecule has 0 bridgehead atoms. The molecule has 0 aromatic heterocycles. The van der Waals surface area contributed by atoms with Crippen molar-refractivity contribution in [2.75, 3.05) is 39.4 Å². The van der Waals surface area contributed by atoms with Crippen molar-refractivity contribution in [3.63, 3.8) is 0 Å². The predicted octanol–water partition coefficient (Wildman–Crippen LogP) is 3.10. The van der Waals surface area contributed by atoms with Crippen LogP contribution in [0.2, 0.25) is 0 Å². The Morgan fingerprint density at radius 3 is 2.22 bits per heavy atom. The van der Waals surface area contributed by atoms with Crippen LogP contribution >= 0.6 is 24.0 Å². The molecule has 0 aromatic carbocycles. The highest BCUT2D eigenvalue weighted by Gasteiger charge is 2.12. The molecule has 0 amide bonds. The van der Waals surface area contributed by atoms with Crippen molar-refractivity contribution in [3.8, 4) is 0 Å². The molecule has 0 rings (SSSR count). The van der Waals surface area contributed by atoms with Crippen molar-refractivity contribution in [1.29, 1.82) is 0 Å². The van der Waals surface area contributed by atoms with E-state index in [0.29, 0.717) is 12.1 Å². The number of unbranched alkanes of at least 4 members (excludes halogenated alkanes) is 1. The number of aliphatic imine (C=N–C) groups is 1. The monoisotopic (exact) mass is 442 g/mol. The number of nitrogens with one attached hydrogen (secondary N) is 2. The van der Waals surface area contributed by atoms with Crippen LogP contribution in [0.25, 0.3) is 0 Å². The average Bonchev–Trinajstić information content (AvgIpc) is 2.46. The maximum Gasteiger partial charge on any atom is 0.191 e. The lowest BCUT2D eigenvalue weighted by Gasteiger charge is -2.29. The van der Waals surface area contributed by atoms with Crippen molar-refractivity contribution in [2.24, 2.45) is 4.99 Å². The zero-order chi connectivity index (χ0) is 16.8. The largest absolute Gasteiger partial charge is 0.380 e. The number of hydrogen-bond acceptors (Lipinski definition) is 3. The van der Waals surface area contributed by atoms with Gasteiger partial charge in [0.05, 0.1) is 13.2 Å². The fourth-order valence-corrected chi connectivity index (χ4v) is 2.32. The summed E-state index contributed by atoms with van der Waals surface area (Å²) in [6, 6.07) is 1.11. The van der Waals surface area contributed by atoms with Crippen LogP contribution in [0.15, 0.2) is 4.99 Å². The van der Waals surface area contributed by atoms with Crippen molar-refractivity contribution in [1.82, 2.24) is 15.5 Å². The van der Waals surface area contributed by atoms with Crippen molar-refractivity contribution < 1.29 is 4.74 Å². The van der Waals surface area contributed by atoms with E-state index in [4.69, 9.17) is 4.74 Å². The molecule has 2 N–H and O–H groups in total. The van der Waals surface area contributed by atoms with Gasteiger partial charge in [0.15, 0.2) is 5.96 Å². The van der Waals surface area contributed by atoms with E-state index in [-0.39, 0.29) is 24.0 Å². The second kappa shape index (κ2) is 16.8. The van der Waals surface area contributed by atoms with Gasteiger partial charge in [0, 0.05) is 38.3 Å². The first-order valence-electron chi connectivity index (χ1n) is 8.88. The Kier molecular flexibility index (Phi) is 18.3. The molecule has 0 aliphatic heterocycles. The van der Waals surface area contributed by atoms with Crippen LogP contribution in [0.5, 0.6) is 0 Å². The summed E-state index contributed by atoms with van der Waals surface area (Å²) in [5.74, 6) is 0.883. The van der Waals surface area contributed by atoms with Gasteiger partial charge in [-0.25, -0.2) is 0 Å². The minimum Gasteiger partial charge on any atom is -0.380 e. The van der Waals surface area contributed by atoms with E-state index in [0.717, 1.165) is 51.8 Å². The molecule has 6 heteroatoms. The molecule has 0 heterocycles. The second-order valence-electron chi connectivity index (χ2n) is 6.08. The van der Waals surface area contributed by atoms with Gasteiger partial charge in [-0.1, -0.05) is 13.3 Å². The Hall–Kier alpha value is -0.0800. The lowest BCUT2D eigenvalue weighted by atomic mass is 10.2. The highest BCUT2D eigenvalue weighted by molar-refractivity contribution is 14.0. The van der Waals surface area contributed by atoms with Gasteiger partial charge in [-0.2, -0.15) is 0 Å². The minimum atomic E-state index is 0. The van der Waals surface area contributed by atoms with Crippen LogP contribution in [0.3, 0.4) is 0 Å². The van der Waals surface area contributed by atoms with Gasteiger partial charge in [-0.15, -0.1) is 24.0 Å². The summed E-state index contributed by atoms with van der Waals surface area (Å²) < 4.78 is 5.55. The fourth-order valence-electron chi connectivity index (χ4n) is 2.32. The lowest BCUT2D eigenvalue weighted by molar-refractivity contribution is 0.136. The summed E-state index contributed by atoms with van der Waals surface area (Å²) in [4.78, 5) is 7.11. The maximum atomic E-state index is 5.55. The van der Waals surface area contributed by atoms with Crippen LogP contribution < -0.4 is 10.6 Å². The SMILES string of the molecule is CCCCOCCNC(=NCCN(C(C)C)C(C)C)NCC.I. The first-order valence-corrected chi connectivity index (χ1v) is 8.88. The first-order chi connectivity index (χ1) is 10.5. The number of halogens is 1. The molecule has 0 saturated heterocycles. The Morgan fingerprint density at radius 2 is 1.70 bits per heavy atom. The van der Waals surface area contributed by atoms with E-state index >= 15 is 0 Å². The van der Waals surface area contributed by atoms with Crippen LogP contribution in [0.1, 0.15) is 54.4 Å². The van der Waals surface area contributed by atoms with Gasteiger partial charge >= 0.3 is 0 Å². The molecule has 23 heavy (non-hydrogen) atoms. The highest BCUT2D eigenvalue weighted by Crippen LogP contribution is 2.03. The minimum absolute atomic E-state index is 0. The second-order valence-corrected chi connectivity index (χ2v) is 6.08. The predicted molar refractivity (Wildman–Crippen MR) is 112 cm³/mol. The van der Waals surface area contributed by atoms with E-state index in [1.54, 1.807) is 0 Å². The van der Waals surface area contributed by atoms with Gasteiger partial charge < -0.3 is 15.4 Å². The zero-order valence-corrected chi connectivity index (χ0v) is 18.4. The van der Waals surface area contributed by atoms with Gasteiger partial charge in [-0.3, -0.25) is 9.89 Å². The van der Waals surface area contributed by atoms with Crippen LogP contribution in [-0.2, 0) is 4.74 Å². The molecule has 0 spiro atoms. The number of guanidine groups is 1. The van der Waals surface area contributed by atoms with Gasteiger partial charge in [-0.05, 0) is 41.0 Å². The van der Waals surface area contributed by atoms with E-state index in [1.807, 2.05) is 0 Å². The van der Waals surface area contributed by atoms with Crippen molar-refractivity contribution in [3.05, 3.63) is 0 Å². The molecular formula is C17H39IN4O. The number of nitrogens with zero attached hydrogens (tertiary/aromatic N) is 2. The van der Waals surface area contributed by atoms with Gasteiger partial charge in [0.1, 0.15) is 0 Å². The number of rotatable bonds is 12. The molecule has 140 valence electrons. The smallest absolute Gasteiger partial charge is 0.191 e. The third-order valence-electron chi connectivity index (χ3n) is 3.48. The Morgan fingerprint density at radius 1 is 1.04 bits per heavy atom. The maximum absolute atomic E-state index is 5.55. The van der Waals surface area contributed by atoms with Crippen LogP contribution in [0.4, 0.5) is 0 Å². The molecule has 0 atom stereocenters. The third-order valence-corrected chi connectivity index (χ3v) is 3.48. The summed E-state index contributed by atoms with van der Waals surface area (Å²) in [5.41, 5.74) is 0. The Labute approximate surface area is 161 Å². The summed E-state index contributed by atoms with van der Waals surface area (Å²) >= 11 is 0. The highest BCUT2D eigenvalue weighted by atomic mass is 127. The van der Waals surface area contributed by atoms with E-state index in [2.05, 4.69) is 62.1 Å². The van der Waals surface area contributed by atoms with Crippen molar-refractivity contribution >= 4 is 29.9 Å². The standard InChI is InChI=1S/C17H38N4O.HI/c1-7-9-13-22-14-11-20-17(18-8-2)19-10-12-21(15(3)4)16(5)6;/h15-16H,7-14H2,1-6H3,(H2,18,19,20);1H. The summed E-state index contributed by atoms with van der Waals surface area (Å²) in [6.07, 6.45) is 2.31. The Balaban J connectivity index is 0. The average molecular weight is 442 g/mol. The van der Waals surface area contributed by atoms with E-state index < -0.39 is 0 Å². The number of ether oxygens (including phenoxy) is 1. The molecule has 0 saturated carbocycles. The van der Waals surface area contributed by atoms with Gasteiger partial charge in [0.2, 0.25) is 0 Å². The van der Waals surface area contributed by atoms with E-state index in [1.165, 1.54) is 6.42 Å². The van der Waals surface area contributed by atoms with Crippen LogP contribution in [0, 0.1) is 0 Å². The molecule has 0 aliphatic rings. The molecule has 0 aromatic rings. The zero-order valence-electron chi connectivity index (χ0n) is 16.0. The van der Waals surface area contributed by atoms with Gasteiger partial charge in [0.25, 0.3) is 0 Å². The van der Waals surface area contributed by atoms with E-state index in [9.17, 15) is 0 Å². The fraction of sp³-hybridized carbons (Fsp3) is 0.941. The third kappa shape index (κ3) is 14.0. The normalized spacial score (nSPS) is 12.0. The quantitative estimate of drug-likeness (QED) is 0.211. The molecule has 0 aliphatic carbocycles. The molecule has 5 nitrogen and oxygen atoms in total. The lowest BCUT2D eigenvalue weighted by Crippen LogP contribution is -2.41. The first kappa shape index (κ1) is 25.2. The summed E-state index contributed by atoms with van der Waals surface area (Å²) in [6.45, 7) is 18.3. The summed E-state index contributed by atoms with van der Waals surface area (Å²) in [7, 11) is 0. The molecule has 0 fully saturated rings. The van der Waals surface area contributed by atoms with Crippen molar-refractivity contribution in [2.45, 2.75) is 66.5 Å². The van der Waals surface area contributed by atoms with Crippen LogP contribution in [-0.4, -0.2) is 62.3 Å². The topological polar surface area (TPSA) is 48.9 Å². The summed E-state index contributed by atoms with van der Waals surface area (Å²) in [5, 5.41) is 6.61. The number of hydrogen-bond donors (Lipinski definition) is 2. The molecule has 0 radical (unpaired) electrons. The Bertz CT molecular complexity index is 278.